The van der Waals surface area contributed by atoms with Crippen LogP contribution in [0.15, 0.2) is 53.4 Å². The minimum absolute atomic E-state index is 0.101. The van der Waals surface area contributed by atoms with Gasteiger partial charge < -0.3 is 19.5 Å². The molecule has 0 bridgehead atoms. The maximum Gasteiger partial charge on any atom is 0.263 e. The Labute approximate surface area is 211 Å². The minimum atomic E-state index is -3.59. The minimum Gasteiger partial charge on any atom is -0.492 e. The molecule has 0 spiro atoms. The molecule has 1 atom stereocenters. The monoisotopic (exact) mass is 539 g/mol. The van der Waals surface area contributed by atoms with E-state index in [0.717, 1.165) is 0 Å². The van der Waals surface area contributed by atoms with Gasteiger partial charge in [0.2, 0.25) is 20.0 Å². The lowest BCUT2D eigenvalue weighted by molar-refractivity contribution is -0.127. The van der Waals surface area contributed by atoms with Gasteiger partial charge in [-0.05, 0) is 43.3 Å². The predicted octanol–water partition coefficient (Wildman–Crippen LogP) is 0.820. The largest absolute Gasteiger partial charge is 0.492 e. The molecule has 1 N–H and O–H groups in total. The average Bonchev–Trinajstić information content (AvgIpc) is 2.91. The lowest BCUT2D eigenvalue weighted by atomic mass is 10.2. The Morgan fingerprint density at radius 2 is 1.75 bits per heavy atom. The zero-order valence-corrected chi connectivity index (χ0v) is 21.5. The quantitative estimate of drug-likeness (QED) is 0.464. The first-order chi connectivity index (χ1) is 17.2. The van der Waals surface area contributed by atoms with Gasteiger partial charge in [-0.25, -0.2) is 16.8 Å². The van der Waals surface area contributed by atoms with Crippen LogP contribution >= 0.6 is 0 Å². The summed E-state index contributed by atoms with van der Waals surface area (Å²) in [5, 5.41) is 2.70. The van der Waals surface area contributed by atoms with Crippen molar-refractivity contribution in [3.05, 3.63) is 48.5 Å². The number of benzene rings is 2. The number of sulfonamides is 2. The van der Waals surface area contributed by atoms with E-state index in [4.69, 9.17) is 14.2 Å². The van der Waals surface area contributed by atoms with Crippen LogP contribution in [-0.4, -0.2) is 84.9 Å². The van der Waals surface area contributed by atoms with Gasteiger partial charge in [0.1, 0.15) is 18.1 Å². The summed E-state index contributed by atoms with van der Waals surface area (Å²) in [5.41, 5.74) is 0.408. The number of rotatable bonds is 9. The molecule has 2 heterocycles. The zero-order valence-electron chi connectivity index (χ0n) is 19.8. The van der Waals surface area contributed by atoms with E-state index in [1.54, 1.807) is 43.3 Å². The topological polar surface area (TPSA) is 132 Å². The fourth-order valence-electron chi connectivity index (χ4n) is 3.86. The lowest BCUT2D eigenvalue weighted by Gasteiger charge is -2.34. The predicted molar refractivity (Wildman–Crippen MR) is 132 cm³/mol. The summed E-state index contributed by atoms with van der Waals surface area (Å²) >= 11 is 0. The van der Waals surface area contributed by atoms with Crippen molar-refractivity contribution in [3.8, 4) is 11.5 Å². The molecule has 0 saturated carbocycles. The third-order valence-electron chi connectivity index (χ3n) is 5.83. The summed E-state index contributed by atoms with van der Waals surface area (Å²) in [6.45, 7) is 3.07. The Morgan fingerprint density at radius 3 is 2.44 bits per heavy atom. The molecule has 196 valence electrons. The maximum atomic E-state index is 12.7. The summed E-state index contributed by atoms with van der Waals surface area (Å²) in [7, 11) is -7.17. The molecule has 36 heavy (non-hydrogen) atoms. The Kier molecular flexibility index (Phi) is 8.03. The zero-order chi connectivity index (χ0) is 25.8. The van der Waals surface area contributed by atoms with Crippen LogP contribution in [0.5, 0.6) is 11.5 Å². The third kappa shape index (κ3) is 5.75. The van der Waals surface area contributed by atoms with Crippen LogP contribution < -0.4 is 19.1 Å². The first-order valence-corrected chi connectivity index (χ1v) is 14.6. The van der Waals surface area contributed by atoms with Crippen LogP contribution in [0.1, 0.15) is 6.92 Å². The fraction of sp³-hybridized carbons (Fsp3) is 0.435. The van der Waals surface area contributed by atoms with Gasteiger partial charge in [-0.1, -0.05) is 12.1 Å². The molecular weight excluding hydrogens is 510 g/mol. The number of amides is 1. The first-order valence-electron chi connectivity index (χ1n) is 11.6. The number of carbonyl (C=O) groups is 1. The number of hydrogen-bond donors (Lipinski definition) is 1. The highest BCUT2D eigenvalue weighted by Crippen LogP contribution is 2.35. The molecule has 1 fully saturated rings. The molecular formula is C23H29N3O8S2. The number of fused-ring (bicyclic) bond motifs is 1. The van der Waals surface area contributed by atoms with Crippen molar-refractivity contribution in [2.45, 2.75) is 17.9 Å². The highest BCUT2D eigenvalue weighted by Gasteiger charge is 2.35. The van der Waals surface area contributed by atoms with Crippen LogP contribution in [0.4, 0.5) is 5.69 Å². The molecule has 13 heteroatoms. The van der Waals surface area contributed by atoms with Gasteiger partial charge in [0.15, 0.2) is 6.10 Å². The number of carbonyl (C=O) groups excluding carboxylic acids is 1. The molecule has 11 nitrogen and oxygen atoms in total. The number of hydrogen-bond acceptors (Lipinski definition) is 8. The molecule has 0 aliphatic carbocycles. The van der Waals surface area contributed by atoms with Gasteiger partial charge >= 0.3 is 0 Å². The standard InChI is InChI=1S/C23H29N3O8S2/c1-2-35(28,29)26-17-22(34-21-6-4-3-5-20(21)26)23(27)24-11-14-33-18-7-9-19(10-8-18)36(30,31)25-12-15-32-16-13-25/h3-10,22H,2,11-17H2,1H3,(H,24,27). The van der Waals surface area contributed by atoms with E-state index in [1.165, 1.54) is 20.7 Å². The Hall–Kier alpha value is -2.87. The third-order valence-corrected chi connectivity index (χ3v) is 9.49. The second-order valence-corrected chi connectivity index (χ2v) is 12.3. The van der Waals surface area contributed by atoms with Crippen molar-refractivity contribution in [3.63, 3.8) is 0 Å². The van der Waals surface area contributed by atoms with Crippen LogP contribution in [0, 0.1) is 0 Å². The number of anilines is 1. The Morgan fingerprint density at radius 1 is 1.06 bits per heavy atom. The number of nitrogens with one attached hydrogen (secondary N) is 1. The molecule has 2 aromatic rings. The van der Waals surface area contributed by atoms with Crippen molar-refractivity contribution in [1.82, 2.24) is 9.62 Å². The van der Waals surface area contributed by atoms with Gasteiger partial charge in [0.05, 0.1) is 42.6 Å². The number of nitrogens with zero attached hydrogens (tertiary/aromatic N) is 2. The SMILES string of the molecule is CCS(=O)(=O)N1CC(C(=O)NCCOc2ccc(S(=O)(=O)N3CCOCC3)cc2)Oc2ccccc21. The normalized spacial score (nSPS) is 18.7. The van der Waals surface area contributed by atoms with E-state index < -0.39 is 32.1 Å². The molecule has 1 unspecified atom stereocenters. The van der Waals surface area contributed by atoms with E-state index in [2.05, 4.69) is 5.32 Å². The molecule has 0 aromatic heterocycles. The maximum absolute atomic E-state index is 12.7. The molecule has 1 amide bonds. The fourth-order valence-corrected chi connectivity index (χ4v) is 6.39. The molecule has 0 radical (unpaired) electrons. The van der Waals surface area contributed by atoms with Gasteiger partial charge in [-0.2, -0.15) is 4.31 Å². The molecule has 2 aliphatic rings. The molecule has 2 aromatic carbocycles. The van der Waals surface area contributed by atoms with Gasteiger partial charge in [-0.15, -0.1) is 0 Å². The van der Waals surface area contributed by atoms with E-state index in [1.807, 2.05) is 0 Å². The van der Waals surface area contributed by atoms with Crippen molar-refractivity contribution in [1.29, 1.82) is 0 Å². The van der Waals surface area contributed by atoms with E-state index in [0.29, 0.717) is 43.5 Å². The lowest BCUT2D eigenvalue weighted by Crippen LogP contribution is -2.51. The average molecular weight is 540 g/mol. The second kappa shape index (κ2) is 11.0. The number of para-hydroxylation sites is 2. The van der Waals surface area contributed by atoms with Crippen molar-refractivity contribution in [2.75, 3.05) is 56.1 Å². The van der Waals surface area contributed by atoms with E-state index in [9.17, 15) is 21.6 Å². The summed E-state index contributed by atoms with van der Waals surface area (Å²) in [6, 6.07) is 12.8. The number of morpholine rings is 1. The summed E-state index contributed by atoms with van der Waals surface area (Å²) in [5.74, 6) is 0.213. The van der Waals surface area contributed by atoms with E-state index >= 15 is 0 Å². The van der Waals surface area contributed by atoms with Crippen molar-refractivity contribution >= 4 is 31.6 Å². The van der Waals surface area contributed by atoms with Crippen molar-refractivity contribution < 1.29 is 35.8 Å². The second-order valence-electron chi connectivity index (χ2n) is 8.13. The Balaban J connectivity index is 1.30. The van der Waals surface area contributed by atoms with Gasteiger partial charge in [0.25, 0.3) is 5.91 Å². The van der Waals surface area contributed by atoms with Crippen LogP contribution in [0.25, 0.3) is 0 Å². The van der Waals surface area contributed by atoms with Gasteiger partial charge in [-0.3, -0.25) is 9.10 Å². The van der Waals surface area contributed by atoms with Gasteiger partial charge in [0, 0.05) is 13.1 Å². The van der Waals surface area contributed by atoms with Crippen LogP contribution in [-0.2, 0) is 29.6 Å². The first kappa shape index (κ1) is 26.2. The molecule has 4 rings (SSSR count). The van der Waals surface area contributed by atoms with Crippen LogP contribution in [0.3, 0.4) is 0 Å². The molecule has 1 saturated heterocycles. The summed E-state index contributed by atoms with van der Waals surface area (Å²) in [6.07, 6.45) is -1.01. The molecule has 2 aliphatic heterocycles. The Bertz CT molecular complexity index is 1280. The number of ether oxygens (including phenoxy) is 3. The highest BCUT2D eigenvalue weighted by atomic mass is 32.2. The smallest absolute Gasteiger partial charge is 0.263 e. The van der Waals surface area contributed by atoms with Crippen LogP contribution in [0.2, 0.25) is 0 Å². The summed E-state index contributed by atoms with van der Waals surface area (Å²) in [4.78, 5) is 12.9. The van der Waals surface area contributed by atoms with Crippen molar-refractivity contribution in [2.24, 2.45) is 0 Å². The van der Waals surface area contributed by atoms with E-state index in [-0.39, 0.29) is 30.3 Å². The summed E-state index contributed by atoms with van der Waals surface area (Å²) < 4.78 is 69.7. The highest BCUT2D eigenvalue weighted by molar-refractivity contribution is 7.92.